The molecule has 0 spiro atoms. The van der Waals surface area contributed by atoms with Crippen molar-refractivity contribution >= 4 is 50.1 Å². The SMILES string of the molecule is O=C(CNC(=O)c1ccccc1Br)NNC(=O)c1csc(N2CCOCC2)n1. The zero-order chi connectivity index (χ0) is 19.9. The molecule has 0 atom stereocenters. The van der Waals surface area contributed by atoms with Gasteiger partial charge in [0.05, 0.1) is 25.3 Å². The molecule has 2 heterocycles. The number of carbonyl (C=O) groups excluding carboxylic acids is 3. The zero-order valence-electron chi connectivity index (χ0n) is 14.7. The van der Waals surface area contributed by atoms with Crippen molar-refractivity contribution in [3.8, 4) is 0 Å². The quantitative estimate of drug-likeness (QED) is 0.563. The largest absolute Gasteiger partial charge is 0.378 e. The Morgan fingerprint density at radius 3 is 2.64 bits per heavy atom. The van der Waals surface area contributed by atoms with Crippen LogP contribution in [0.4, 0.5) is 5.13 Å². The van der Waals surface area contributed by atoms with Crippen molar-refractivity contribution < 1.29 is 19.1 Å². The van der Waals surface area contributed by atoms with Crippen molar-refractivity contribution in [3.05, 3.63) is 45.4 Å². The van der Waals surface area contributed by atoms with Gasteiger partial charge < -0.3 is 15.0 Å². The molecule has 1 saturated heterocycles. The minimum atomic E-state index is -0.558. The third-order valence-corrected chi connectivity index (χ3v) is 5.44. The molecule has 3 N–H and O–H groups in total. The number of benzene rings is 1. The van der Waals surface area contributed by atoms with E-state index in [1.807, 2.05) is 4.90 Å². The molecule has 0 unspecified atom stereocenters. The molecule has 1 aliphatic heterocycles. The molecular formula is C17H18BrN5O4S. The first-order valence-corrected chi connectivity index (χ1v) is 10.1. The highest BCUT2D eigenvalue weighted by molar-refractivity contribution is 9.10. The number of thiazole rings is 1. The predicted octanol–water partition coefficient (Wildman–Crippen LogP) is 0.933. The molecular weight excluding hydrogens is 450 g/mol. The van der Waals surface area contributed by atoms with Gasteiger partial charge in [-0.15, -0.1) is 11.3 Å². The van der Waals surface area contributed by atoms with Gasteiger partial charge in [0.15, 0.2) is 5.13 Å². The monoisotopic (exact) mass is 467 g/mol. The molecule has 148 valence electrons. The molecule has 28 heavy (non-hydrogen) atoms. The summed E-state index contributed by atoms with van der Waals surface area (Å²) in [4.78, 5) is 42.4. The van der Waals surface area contributed by atoms with Crippen molar-refractivity contribution in [2.45, 2.75) is 0 Å². The Labute approximate surface area is 173 Å². The molecule has 3 rings (SSSR count). The lowest BCUT2D eigenvalue weighted by molar-refractivity contribution is -0.120. The van der Waals surface area contributed by atoms with E-state index in [0.29, 0.717) is 23.2 Å². The number of hydrogen-bond donors (Lipinski definition) is 3. The number of nitrogens with one attached hydrogen (secondary N) is 3. The standard InChI is InChI=1S/C17H18BrN5O4S/c18-12-4-2-1-3-11(12)15(25)19-9-14(24)21-22-16(26)13-10-28-17(20-13)23-5-7-27-8-6-23/h1-4,10H,5-9H2,(H,19,25)(H,21,24)(H,22,26). The predicted molar refractivity (Wildman–Crippen MR) is 107 cm³/mol. The average Bonchev–Trinajstić information content (AvgIpc) is 3.21. The fraction of sp³-hybridized carbons (Fsp3) is 0.294. The van der Waals surface area contributed by atoms with Crippen LogP contribution in [0.2, 0.25) is 0 Å². The second kappa shape index (κ2) is 9.62. The summed E-state index contributed by atoms with van der Waals surface area (Å²) in [5.41, 5.74) is 5.18. The van der Waals surface area contributed by atoms with Gasteiger partial charge in [-0.1, -0.05) is 12.1 Å². The van der Waals surface area contributed by atoms with Crippen molar-refractivity contribution in [2.75, 3.05) is 37.7 Å². The minimum Gasteiger partial charge on any atom is -0.378 e. The van der Waals surface area contributed by atoms with Crippen LogP contribution in [0.3, 0.4) is 0 Å². The van der Waals surface area contributed by atoms with Gasteiger partial charge in [-0.2, -0.15) is 0 Å². The van der Waals surface area contributed by atoms with E-state index in [1.54, 1.807) is 29.6 Å². The third-order valence-electron chi connectivity index (χ3n) is 3.85. The van der Waals surface area contributed by atoms with Crippen molar-refractivity contribution in [1.29, 1.82) is 0 Å². The fourth-order valence-electron chi connectivity index (χ4n) is 2.40. The Balaban J connectivity index is 1.44. The van der Waals surface area contributed by atoms with Crippen molar-refractivity contribution in [2.24, 2.45) is 0 Å². The number of hydrazine groups is 1. The lowest BCUT2D eigenvalue weighted by Gasteiger charge is -2.25. The van der Waals surface area contributed by atoms with Gasteiger partial charge in [0.25, 0.3) is 17.7 Å². The molecule has 3 amide bonds. The normalized spacial score (nSPS) is 13.7. The van der Waals surface area contributed by atoms with E-state index >= 15 is 0 Å². The van der Waals surface area contributed by atoms with E-state index < -0.39 is 17.7 Å². The summed E-state index contributed by atoms with van der Waals surface area (Å²) >= 11 is 4.63. The summed E-state index contributed by atoms with van der Waals surface area (Å²) in [7, 11) is 0. The van der Waals surface area contributed by atoms with Gasteiger partial charge in [0.1, 0.15) is 5.69 Å². The first-order chi connectivity index (χ1) is 13.5. The van der Waals surface area contributed by atoms with Gasteiger partial charge in [0, 0.05) is 22.9 Å². The second-order valence-electron chi connectivity index (χ2n) is 5.78. The molecule has 0 aliphatic carbocycles. The number of nitrogens with zero attached hydrogens (tertiary/aromatic N) is 2. The van der Waals surface area contributed by atoms with Gasteiger partial charge in [-0.05, 0) is 28.1 Å². The van der Waals surface area contributed by atoms with E-state index in [0.717, 1.165) is 18.2 Å². The minimum absolute atomic E-state index is 0.212. The van der Waals surface area contributed by atoms with Crippen LogP contribution >= 0.6 is 27.3 Å². The highest BCUT2D eigenvalue weighted by atomic mass is 79.9. The number of aromatic nitrogens is 1. The Morgan fingerprint density at radius 1 is 1.14 bits per heavy atom. The van der Waals surface area contributed by atoms with E-state index in [1.165, 1.54) is 11.3 Å². The second-order valence-corrected chi connectivity index (χ2v) is 7.47. The maximum Gasteiger partial charge on any atom is 0.289 e. The molecule has 1 fully saturated rings. The molecule has 0 saturated carbocycles. The fourth-order valence-corrected chi connectivity index (χ4v) is 3.73. The molecule has 9 nitrogen and oxygen atoms in total. The highest BCUT2D eigenvalue weighted by Crippen LogP contribution is 2.21. The Kier molecular flexibility index (Phi) is 6.95. The first-order valence-electron chi connectivity index (χ1n) is 8.44. The number of halogens is 1. The van der Waals surface area contributed by atoms with Crippen molar-refractivity contribution in [3.63, 3.8) is 0 Å². The van der Waals surface area contributed by atoms with Crippen molar-refractivity contribution in [1.82, 2.24) is 21.2 Å². The number of morpholine rings is 1. The molecule has 1 aliphatic rings. The number of carbonyl (C=O) groups is 3. The van der Waals surface area contributed by atoms with Crippen LogP contribution in [-0.2, 0) is 9.53 Å². The maximum absolute atomic E-state index is 12.1. The number of anilines is 1. The van der Waals surface area contributed by atoms with Crippen LogP contribution < -0.4 is 21.1 Å². The molecule has 2 aromatic rings. The molecule has 1 aromatic carbocycles. The van der Waals surface area contributed by atoms with Crippen LogP contribution in [0.15, 0.2) is 34.1 Å². The summed E-state index contributed by atoms with van der Waals surface area (Å²) in [6.45, 7) is 2.42. The summed E-state index contributed by atoms with van der Waals surface area (Å²) < 4.78 is 5.92. The van der Waals surface area contributed by atoms with Crippen LogP contribution in [0.1, 0.15) is 20.8 Å². The smallest absolute Gasteiger partial charge is 0.289 e. The summed E-state index contributed by atoms with van der Waals surface area (Å²) in [6.07, 6.45) is 0. The molecule has 0 bridgehead atoms. The summed E-state index contributed by atoms with van der Waals surface area (Å²) in [6, 6.07) is 6.87. The molecule has 11 heteroatoms. The number of ether oxygens (including phenoxy) is 1. The molecule has 1 aromatic heterocycles. The van der Waals surface area contributed by atoms with E-state index in [2.05, 4.69) is 37.1 Å². The number of amides is 3. The summed E-state index contributed by atoms with van der Waals surface area (Å²) in [5, 5.41) is 4.85. The lowest BCUT2D eigenvalue weighted by atomic mass is 10.2. The topological polar surface area (TPSA) is 113 Å². The van der Waals surface area contributed by atoms with Gasteiger partial charge in [-0.25, -0.2) is 4.98 Å². The van der Waals surface area contributed by atoms with E-state index in [-0.39, 0.29) is 12.2 Å². The Bertz CT molecular complexity index is 869. The first kappa shape index (κ1) is 20.2. The average molecular weight is 468 g/mol. The number of rotatable bonds is 5. The van der Waals surface area contributed by atoms with Gasteiger partial charge in [0.2, 0.25) is 0 Å². The third kappa shape index (κ3) is 5.27. The van der Waals surface area contributed by atoms with Crippen LogP contribution in [0, 0.1) is 0 Å². The van der Waals surface area contributed by atoms with Crippen LogP contribution in [0.5, 0.6) is 0 Å². The Hall–Kier alpha value is -2.50. The summed E-state index contributed by atoms with van der Waals surface area (Å²) in [5.74, 6) is -1.48. The van der Waals surface area contributed by atoms with E-state index in [4.69, 9.17) is 4.74 Å². The maximum atomic E-state index is 12.1. The zero-order valence-corrected chi connectivity index (χ0v) is 17.1. The Morgan fingerprint density at radius 2 is 1.89 bits per heavy atom. The van der Waals surface area contributed by atoms with Gasteiger partial charge in [-0.3, -0.25) is 25.2 Å². The lowest BCUT2D eigenvalue weighted by Crippen LogP contribution is -2.46. The highest BCUT2D eigenvalue weighted by Gasteiger charge is 2.18. The van der Waals surface area contributed by atoms with Crippen LogP contribution in [-0.4, -0.2) is 55.6 Å². The van der Waals surface area contributed by atoms with E-state index in [9.17, 15) is 14.4 Å². The van der Waals surface area contributed by atoms with Crippen LogP contribution in [0.25, 0.3) is 0 Å². The molecule has 0 radical (unpaired) electrons. The van der Waals surface area contributed by atoms with Gasteiger partial charge >= 0.3 is 0 Å². The number of hydrogen-bond acceptors (Lipinski definition) is 7.